The third-order valence-electron chi connectivity index (χ3n) is 3.52. The highest BCUT2D eigenvalue weighted by atomic mass is 79.9. The van der Waals surface area contributed by atoms with Crippen LogP contribution in [0.1, 0.15) is 36.8 Å². The predicted octanol–water partition coefficient (Wildman–Crippen LogP) is 3.61. The SMILES string of the molecule is CN=C(NCCc1cc(Br)ccc1F)NCc1cc(C(C)C)no1. The van der Waals surface area contributed by atoms with Gasteiger partial charge in [0.15, 0.2) is 11.7 Å². The zero-order valence-corrected chi connectivity index (χ0v) is 15.7. The van der Waals surface area contributed by atoms with Crippen LogP contribution in [0.15, 0.2) is 38.3 Å². The number of aromatic nitrogens is 1. The number of rotatable bonds is 6. The maximum atomic E-state index is 13.7. The molecule has 2 aromatic rings. The molecule has 24 heavy (non-hydrogen) atoms. The molecule has 0 radical (unpaired) electrons. The monoisotopic (exact) mass is 396 g/mol. The summed E-state index contributed by atoms with van der Waals surface area (Å²) in [6.07, 6.45) is 0.561. The van der Waals surface area contributed by atoms with Crippen molar-refractivity contribution >= 4 is 21.9 Å². The Balaban J connectivity index is 1.81. The summed E-state index contributed by atoms with van der Waals surface area (Å²) in [7, 11) is 1.69. The Bertz CT molecular complexity index is 700. The Morgan fingerprint density at radius 3 is 2.79 bits per heavy atom. The summed E-state index contributed by atoms with van der Waals surface area (Å²) in [5.41, 5.74) is 1.59. The first-order valence-corrected chi connectivity index (χ1v) is 8.63. The van der Waals surface area contributed by atoms with E-state index in [1.54, 1.807) is 19.2 Å². The van der Waals surface area contributed by atoms with Gasteiger partial charge in [0.25, 0.3) is 0 Å². The quantitative estimate of drug-likeness (QED) is 0.578. The van der Waals surface area contributed by atoms with Crippen molar-refractivity contribution < 1.29 is 8.91 Å². The van der Waals surface area contributed by atoms with Crippen LogP contribution in [-0.4, -0.2) is 24.7 Å². The van der Waals surface area contributed by atoms with Crippen LogP contribution in [0, 0.1) is 5.82 Å². The molecule has 7 heteroatoms. The molecular formula is C17H22BrFN4O. The van der Waals surface area contributed by atoms with Crippen molar-refractivity contribution in [1.29, 1.82) is 0 Å². The van der Waals surface area contributed by atoms with E-state index >= 15 is 0 Å². The van der Waals surface area contributed by atoms with Crippen LogP contribution in [0.4, 0.5) is 4.39 Å². The highest BCUT2D eigenvalue weighted by Crippen LogP contribution is 2.16. The van der Waals surface area contributed by atoms with Gasteiger partial charge in [0.1, 0.15) is 5.82 Å². The normalized spacial score (nSPS) is 11.8. The van der Waals surface area contributed by atoms with Crippen molar-refractivity contribution in [3.8, 4) is 0 Å². The van der Waals surface area contributed by atoms with E-state index in [9.17, 15) is 4.39 Å². The van der Waals surface area contributed by atoms with Gasteiger partial charge in [-0.15, -0.1) is 0 Å². The zero-order valence-electron chi connectivity index (χ0n) is 14.1. The second-order valence-electron chi connectivity index (χ2n) is 5.71. The number of halogens is 2. The van der Waals surface area contributed by atoms with E-state index in [4.69, 9.17) is 4.52 Å². The molecule has 0 saturated carbocycles. The third kappa shape index (κ3) is 5.33. The van der Waals surface area contributed by atoms with Crippen LogP contribution >= 0.6 is 15.9 Å². The molecule has 1 heterocycles. The van der Waals surface area contributed by atoms with Gasteiger partial charge in [-0.25, -0.2) is 4.39 Å². The Hall–Kier alpha value is -1.89. The minimum atomic E-state index is -0.203. The van der Waals surface area contributed by atoms with Gasteiger partial charge < -0.3 is 15.2 Å². The largest absolute Gasteiger partial charge is 0.359 e. The summed E-state index contributed by atoms with van der Waals surface area (Å²) in [6.45, 7) is 5.19. The number of guanidine groups is 1. The van der Waals surface area contributed by atoms with E-state index in [1.807, 2.05) is 6.07 Å². The average Bonchev–Trinajstić information content (AvgIpc) is 3.03. The fourth-order valence-electron chi connectivity index (χ4n) is 2.13. The maximum Gasteiger partial charge on any atom is 0.191 e. The number of nitrogens with one attached hydrogen (secondary N) is 2. The fraction of sp³-hybridized carbons (Fsp3) is 0.412. The molecule has 0 spiro atoms. The van der Waals surface area contributed by atoms with Crippen LogP contribution in [0.3, 0.4) is 0 Å². The molecule has 0 aliphatic heterocycles. The van der Waals surface area contributed by atoms with Gasteiger partial charge in [-0.1, -0.05) is 34.9 Å². The van der Waals surface area contributed by atoms with E-state index in [2.05, 4.69) is 50.6 Å². The molecule has 1 aromatic heterocycles. The van der Waals surface area contributed by atoms with E-state index < -0.39 is 0 Å². The lowest BCUT2D eigenvalue weighted by Gasteiger charge is -2.11. The van der Waals surface area contributed by atoms with Gasteiger partial charge in [-0.2, -0.15) is 0 Å². The van der Waals surface area contributed by atoms with Crippen molar-refractivity contribution in [3.63, 3.8) is 0 Å². The van der Waals surface area contributed by atoms with Crippen LogP contribution in [-0.2, 0) is 13.0 Å². The minimum absolute atomic E-state index is 0.203. The van der Waals surface area contributed by atoms with Crippen molar-refractivity contribution in [1.82, 2.24) is 15.8 Å². The van der Waals surface area contributed by atoms with Gasteiger partial charge in [0.2, 0.25) is 0 Å². The lowest BCUT2D eigenvalue weighted by Crippen LogP contribution is -2.37. The molecule has 0 aliphatic rings. The first-order valence-electron chi connectivity index (χ1n) is 7.83. The average molecular weight is 397 g/mol. The molecule has 0 atom stereocenters. The molecule has 2 rings (SSSR count). The molecule has 130 valence electrons. The van der Waals surface area contributed by atoms with Crippen molar-refractivity contribution in [2.45, 2.75) is 32.7 Å². The number of nitrogens with zero attached hydrogens (tertiary/aromatic N) is 2. The highest BCUT2D eigenvalue weighted by Gasteiger charge is 2.08. The summed E-state index contributed by atoms with van der Waals surface area (Å²) in [4.78, 5) is 4.15. The van der Waals surface area contributed by atoms with E-state index in [-0.39, 0.29) is 5.82 Å². The molecule has 2 N–H and O–H groups in total. The van der Waals surface area contributed by atoms with Gasteiger partial charge >= 0.3 is 0 Å². The maximum absolute atomic E-state index is 13.7. The molecule has 0 unspecified atom stereocenters. The van der Waals surface area contributed by atoms with E-state index in [0.717, 1.165) is 15.9 Å². The van der Waals surface area contributed by atoms with Crippen LogP contribution in [0.2, 0.25) is 0 Å². The second kappa shape index (κ2) is 8.82. The zero-order chi connectivity index (χ0) is 17.5. The standard InChI is InChI=1S/C17H22BrFN4O/c1-11(2)16-9-14(24-23-16)10-22-17(20-3)21-7-6-12-8-13(18)4-5-15(12)19/h4-5,8-9,11H,6-7,10H2,1-3H3,(H2,20,21,22). The molecule has 0 bridgehead atoms. The highest BCUT2D eigenvalue weighted by molar-refractivity contribution is 9.10. The summed E-state index contributed by atoms with van der Waals surface area (Å²) in [5, 5.41) is 10.3. The number of hydrogen-bond acceptors (Lipinski definition) is 3. The minimum Gasteiger partial charge on any atom is -0.359 e. The van der Waals surface area contributed by atoms with E-state index in [1.165, 1.54) is 6.07 Å². The van der Waals surface area contributed by atoms with Gasteiger partial charge in [0.05, 0.1) is 12.2 Å². The Labute approximate surface area is 149 Å². The van der Waals surface area contributed by atoms with Crippen molar-refractivity contribution in [2.75, 3.05) is 13.6 Å². The number of hydrogen-bond donors (Lipinski definition) is 2. The van der Waals surface area contributed by atoms with Gasteiger partial charge in [-0.05, 0) is 36.1 Å². The Kier molecular flexibility index (Phi) is 6.78. The predicted molar refractivity (Wildman–Crippen MR) is 96.6 cm³/mol. The Morgan fingerprint density at radius 1 is 1.33 bits per heavy atom. The summed E-state index contributed by atoms with van der Waals surface area (Å²) in [6, 6.07) is 6.87. The van der Waals surface area contributed by atoms with E-state index in [0.29, 0.717) is 37.0 Å². The molecule has 1 aromatic carbocycles. The smallest absolute Gasteiger partial charge is 0.191 e. The molecule has 0 saturated heterocycles. The molecule has 5 nitrogen and oxygen atoms in total. The van der Waals surface area contributed by atoms with Gasteiger partial charge in [-0.3, -0.25) is 4.99 Å². The number of benzene rings is 1. The summed E-state index contributed by atoms with van der Waals surface area (Å²) in [5.74, 6) is 1.51. The van der Waals surface area contributed by atoms with Crippen LogP contribution in [0.5, 0.6) is 0 Å². The first-order chi connectivity index (χ1) is 11.5. The third-order valence-corrected chi connectivity index (χ3v) is 4.01. The first kappa shape index (κ1) is 18.4. The van der Waals surface area contributed by atoms with Crippen molar-refractivity contribution in [3.05, 3.63) is 51.6 Å². The number of aliphatic imine (C=N–C) groups is 1. The van der Waals surface area contributed by atoms with Crippen LogP contribution < -0.4 is 10.6 Å². The fourth-order valence-corrected chi connectivity index (χ4v) is 2.53. The summed E-state index contributed by atoms with van der Waals surface area (Å²) >= 11 is 3.35. The van der Waals surface area contributed by atoms with Crippen molar-refractivity contribution in [2.24, 2.45) is 4.99 Å². The topological polar surface area (TPSA) is 62.5 Å². The lowest BCUT2D eigenvalue weighted by molar-refractivity contribution is 0.372. The molecule has 0 fully saturated rings. The molecule has 0 aliphatic carbocycles. The van der Waals surface area contributed by atoms with Crippen LogP contribution in [0.25, 0.3) is 0 Å². The second-order valence-corrected chi connectivity index (χ2v) is 6.63. The summed E-state index contributed by atoms with van der Waals surface area (Å²) < 4.78 is 19.8. The molecular weight excluding hydrogens is 375 g/mol. The van der Waals surface area contributed by atoms with Gasteiger partial charge in [0, 0.05) is 24.1 Å². The lowest BCUT2D eigenvalue weighted by atomic mass is 10.1. The Morgan fingerprint density at radius 2 is 2.12 bits per heavy atom. The molecule has 0 amide bonds.